The lowest BCUT2D eigenvalue weighted by Crippen LogP contribution is -1.97. The zero-order chi connectivity index (χ0) is 36.9. The van der Waals surface area contributed by atoms with E-state index in [9.17, 15) is 0 Å². The fourth-order valence-electron chi connectivity index (χ4n) is 8.35. The van der Waals surface area contributed by atoms with Crippen LogP contribution < -0.4 is 0 Å². The van der Waals surface area contributed by atoms with Gasteiger partial charge in [0.25, 0.3) is 0 Å². The maximum absolute atomic E-state index is 5.12. The fourth-order valence-corrected chi connectivity index (χ4v) is 8.35. The van der Waals surface area contributed by atoms with Crippen LogP contribution in [0.2, 0.25) is 0 Å². The number of allylic oxidation sites excluding steroid dienone is 1. The minimum absolute atomic E-state index is 0.933. The number of imidazole rings is 1. The second-order valence-corrected chi connectivity index (χ2v) is 14.4. The summed E-state index contributed by atoms with van der Waals surface area (Å²) in [6, 6.07) is 66.2. The number of aryl methyl sites for hydroxylation is 1. The molecule has 0 saturated carbocycles. The molecule has 0 saturated heterocycles. The van der Waals surface area contributed by atoms with E-state index >= 15 is 0 Å². The zero-order valence-electron chi connectivity index (χ0n) is 30.9. The van der Waals surface area contributed by atoms with Crippen molar-refractivity contribution in [2.45, 2.75) is 13.8 Å². The molecule has 1 aromatic heterocycles. The normalized spacial score (nSPS) is 11.7. The highest BCUT2D eigenvalue weighted by Gasteiger charge is 2.19. The molecule has 10 rings (SSSR count). The number of aromatic nitrogens is 2. The molecule has 0 aliphatic rings. The van der Waals surface area contributed by atoms with Gasteiger partial charge in [-0.3, -0.25) is 4.57 Å². The van der Waals surface area contributed by atoms with Crippen LogP contribution in [-0.2, 0) is 0 Å². The average Bonchev–Trinajstić information content (AvgIpc) is 3.63. The first-order valence-electron chi connectivity index (χ1n) is 19.0. The Morgan fingerprint density at radius 2 is 1.05 bits per heavy atom. The first-order chi connectivity index (χ1) is 27.1. The summed E-state index contributed by atoms with van der Waals surface area (Å²) in [5.74, 6) is 0.933. The monoisotopic (exact) mass is 702 g/mol. The maximum atomic E-state index is 5.12. The molecule has 2 nitrogen and oxygen atoms in total. The smallest absolute Gasteiger partial charge is 0.145 e. The van der Waals surface area contributed by atoms with Crippen LogP contribution in [-0.4, -0.2) is 9.55 Å². The van der Waals surface area contributed by atoms with Crippen molar-refractivity contribution in [2.75, 3.05) is 0 Å². The molecule has 260 valence electrons. The minimum Gasteiger partial charge on any atom is -0.292 e. The summed E-state index contributed by atoms with van der Waals surface area (Å²) < 4.78 is 2.26. The highest BCUT2D eigenvalue weighted by atomic mass is 15.1. The van der Waals surface area contributed by atoms with E-state index in [4.69, 9.17) is 4.98 Å². The largest absolute Gasteiger partial charge is 0.292 e. The predicted molar refractivity (Wildman–Crippen MR) is 235 cm³/mol. The van der Waals surface area contributed by atoms with Crippen LogP contribution in [0, 0.1) is 6.92 Å². The summed E-state index contributed by atoms with van der Waals surface area (Å²) in [6.07, 6.45) is 4.34. The van der Waals surface area contributed by atoms with E-state index in [1.54, 1.807) is 0 Å². The van der Waals surface area contributed by atoms with E-state index < -0.39 is 0 Å². The van der Waals surface area contributed by atoms with Crippen molar-refractivity contribution < 1.29 is 0 Å². The molecule has 0 aliphatic heterocycles. The van der Waals surface area contributed by atoms with Crippen molar-refractivity contribution >= 4 is 49.4 Å². The average molecular weight is 703 g/mol. The van der Waals surface area contributed by atoms with Gasteiger partial charge in [0, 0.05) is 11.3 Å². The first-order valence-corrected chi connectivity index (χ1v) is 19.0. The van der Waals surface area contributed by atoms with Gasteiger partial charge in [-0.1, -0.05) is 152 Å². The molecule has 2 heteroatoms. The van der Waals surface area contributed by atoms with Gasteiger partial charge in [-0.2, -0.15) is 0 Å². The van der Waals surface area contributed by atoms with Crippen molar-refractivity contribution in [3.63, 3.8) is 0 Å². The van der Waals surface area contributed by atoms with Gasteiger partial charge >= 0.3 is 0 Å². The molecule has 10 aromatic rings. The third-order valence-corrected chi connectivity index (χ3v) is 11.0. The summed E-state index contributed by atoms with van der Waals surface area (Å²) in [5.41, 5.74) is 14.1. The molecule has 0 bridgehead atoms. The van der Waals surface area contributed by atoms with E-state index in [0.717, 1.165) is 33.7 Å². The number of nitrogens with zero attached hydrogens (tertiary/aromatic N) is 2. The van der Waals surface area contributed by atoms with Crippen LogP contribution in [0.1, 0.15) is 18.1 Å². The molecular weight excluding hydrogens is 665 g/mol. The van der Waals surface area contributed by atoms with E-state index in [0.29, 0.717) is 0 Å². The molecule has 0 fully saturated rings. The van der Waals surface area contributed by atoms with Crippen molar-refractivity contribution in [3.05, 3.63) is 199 Å². The lowest BCUT2D eigenvalue weighted by molar-refractivity contribution is 1.10. The maximum Gasteiger partial charge on any atom is 0.145 e. The predicted octanol–water partition coefficient (Wildman–Crippen LogP) is 14.5. The van der Waals surface area contributed by atoms with Gasteiger partial charge in [-0.25, -0.2) is 4.98 Å². The molecule has 1 heterocycles. The van der Waals surface area contributed by atoms with Crippen LogP contribution in [0.25, 0.3) is 99.9 Å². The van der Waals surface area contributed by atoms with Crippen LogP contribution in [0.5, 0.6) is 0 Å². The van der Waals surface area contributed by atoms with Crippen molar-refractivity contribution in [1.82, 2.24) is 9.55 Å². The van der Waals surface area contributed by atoms with Gasteiger partial charge in [0.05, 0.1) is 11.0 Å². The van der Waals surface area contributed by atoms with E-state index in [-0.39, 0.29) is 0 Å². The van der Waals surface area contributed by atoms with Crippen molar-refractivity contribution in [3.8, 4) is 50.5 Å². The molecule has 0 unspecified atom stereocenters. The number of benzene rings is 9. The second-order valence-electron chi connectivity index (χ2n) is 14.4. The molecule has 0 atom stereocenters. The molecular formula is C53H38N2. The van der Waals surface area contributed by atoms with Gasteiger partial charge in [0.1, 0.15) is 5.82 Å². The Hall–Kier alpha value is -7.03. The standard InChI is InChI=1S/C53H38N2/c1-3-13-39-32-42(23-22-35(39)2)52-46-19-10-9-18-45(46)51(43-29-26-36-14-7-8-15-40(36)33-43)47-31-30-41(34-48(47)52)37-24-27-38(28-25-37)53-54-49-20-11-12-21-50(49)55(53)44-16-5-4-6-17-44/h3-34H,1-2H3/b13-3-. The molecule has 0 aliphatic carbocycles. The SMILES string of the molecule is C/C=C\c1cc(-c2c3ccccc3c(-c3ccc4ccccc4c3)c3ccc(-c4ccc(-c5nc6ccccc6n5-c5ccccc5)cc4)cc23)ccc1C. The number of para-hydroxylation sites is 3. The molecule has 0 amide bonds. The Kier molecular flexibility index (Phi) is 7.96. The molecule has 0 N–H and O–H groups in total. The van der Waals surface area contributed by atoms with Crippen LogP contribution >= 0.6 is 0 Å². The number of hydrogen-bond acceptors (Lipinski definition) is 1. The Labute approximate surface area is 321 Å². The third kappa shape index (κ3) is 5.62. The first kappa shape index (κ1) is 32.6. The van der Waals surface area contributed by atoms with Crippen molar-refractivity contribution in [2.24, 2.45) is 0 Å². The molecule has 0 spiro atoms. The lowest BCUT2D eigenvalue weighted by Gasteiger charge is -2.19. The van der Waals surface area contributed by atoms with Crippen LogP contribution in [0.15, 0.2) is 188 Å². The summed E-state index contributed by atoms with van der Waals surface area (Å²) in [7, 11) is 0. The Bertz CT molecular complexity index is 3090. The van der Waals surface area contributed by atoms with Gasteiger partial charge in [0.15, 0.2) is 0 Å². The highest BCUT2D eigenvalue weighted by Crippen LogP contribution is 2.46. The summed E-state index contributed by atoms with van der Waals surface area (Å²) in [5, 5.41) is 7.48. The van der Waals surface area contributed by atoms with Gasteiger partial charge in [-0.15, -0.1) is 0 Å². The van der Waals surface area contributed by atoms with E-state index in [1.807, 2.05) is 0 Å². The minimum atomic E-state index is 0.933. The van der Waals surface area contributed by atoms with Gasteiger partial charge < -0.3 is 0 Å². The van der Waals surface area contributed by atoms with Gasteiger partial charge in [0.2, 0.25) is 0 Å². The summed E-state index contributed by atoms with van der Waals surface area (Å²) in [4.78, 5) is 5.12. The summed E-state index contributed by atoms with van der Waals surface area (Å²) in [6.45, 7) is 4.28. The number of hydrogen-bond donors (Lipinski definition) is 0. The van der Waals surface area contributed by atoms with Crippen LogP contribution in [0.4, 0.5) is 0 Å². The second kappa shape index (κ2) is 13.4. The third-order valence-electron chi connectivity index (χ3n) is 11.0. The highest BCUT2D eigenvalue weighted by molar-refractivity contribution is 6.22. The summed E-state index contributed by atoms with van der Waals surface area (Å²) >= 11 is 0. The molecule has 0 radical (unpaired) electrons. The zero-order valence-corrected chi connectivity index (χ0v) is 30.9. The quantitative estimate of drug-likeness (QED) is 0.158. The topological polar surface area (TPSA) is 17.8 Å². The molecule has 9 aromatic carbocycles. The van der Waals surface area contributed by atoms with Crippen LogP contribution in [0.3, 0.4) is 0 Å². The number of fused-ring (bicyclic) bond motifs is 4. The van der Waals surface area contributed by atoms with E-state index in [1.165, 1.54) is 71.3 Å². The van der Waals surface area contributed by atoms with E-state index in [2.05, 4.69) is 213 Å². The van der Waals surface area contributed by atoms with Gasteiger partial charge in [-0.05, 0) is 133 Å². The Balaban J connectivity index is 1.19. The number of rotatable bonds is 6. The Morgan fingerprint density at radius 1 is 0.455 bits per heavy atom. The fraction of sp³-hybridized carbons (Fsp3) is 0.0377. The van der Waals surface area contributed by atoms with Crippen molar-refractivity contribution in [1.29, 1.82) is 0 Å². The lowest BCUT2D eigenvalue weighted by atomic mass is 9.84. The Morgan fingerprint density at radius 3 is 1.85 bits per heavy atom. The molecule has 55 heavy (non-hydrogen) atoms.